The molecule has 1 heterocycles. The second-order valence-corrected chi connectivity index (χ2v) is 6.74. The average Bonchev–Trinajstić information content (AvgIpc) is 2.66. The molecule has 0 radical (unpaired) electrons. The summed E-state index contributed by atoms with van der Waals surface area (Å²) in [6.07, 6.45) is 2.48. The van der Waals surface area contributed by atoms with Gasteiger partial charge in [0.2, 0.25) is 11.8 Å². The van der Waals surface area contributed by atoms with Gasteiger partial charge in [-0.05, 0) is 30.5 Å². The first kappa shape index (κ1) is 20.7. The number of hydrogen-bond donors (Lipinski definition) is 2. The topological polar surface area (TPSA) is 95.9 Å². The van der Waals surface area contributed by atoms with Crippen molar-refractivity contribution in [1.82, 2.24) is 10.2 Å². The highest BCUT2D eigenvalue weighted by Crippen LogP contribution is 2.37. The lowest BCUT2D eigenvalue weighted by molar-refractivity contribution is -0.143. The monoisotopic (exact) mass is 376 g/mol. The Morgan fingerprint density at radius 2 is 2.00 bits per heavy atom. The van der Waals surface area contributed by atoms with Crippen LogP contribution in [-0.4, -0.2) is 48.0 Å². The van der Waals surface area contributed by atoms with E-state index in [4.69, 9.17) is 9.84 Å². The van der Waals surface area contributed by atoms with E-state index in [-0.39, 0.29) is 30.8 Å². The van der Waals surface area contributed by atoms with Gasteiger partial charge < -0.3 is 20.1 Å². The molecule has 148 valence electrons. The van der Waals surface area contributed by atoms with Crippen molar-refractivity contribution in [2.45, 2.75) is 45.1 Å². The zero-order valence-electron chi connectivity index (χ0n) is 15.9. The lowest BCUT2D eigenvalue weighted by atomic mass is 9.83. The maximum atomic E-state index is 12.7. The molecule has 1 saturated heterocycles. The van der Waals surface area contributed by atoms with E-state index in [0.29, 0.717) is 25.1 Å². The molecule has 0 aliphatic carbocycles. The fourth-order valence-electron chi connectivity index (χ4n) is 3.46. The lowest BCUT2D eigenvalue weighted by Crippen LogP contribution is -2.48. The summed E-state index contributed by atoms with van der Waals surface area (Å²) in [7, 11) is 1.59. The van der Waals surface area contributed by atoms with Gasteiger partial charge in [-0.1, -0.05) is 25.5 Å². The largest absolute Gasteiger partial charge is 0.497 e. The summed E-state index contributed by atoms with van der Waals surface area (Å²) in [6, 6.07) is 7.07. The van der Waals surface area contributed by atoms with Crippen molar-refractivity contribution < 1.29 is 24.2 Å². The van der Waals surface area contributed by atoms with Gasteiger partial charge in [-0.25, -0.2) is 0 Å². The van der Waals surface area contributed by atoms with E-state index >= 15 is 0 Å². The van der Waals surface area contributed by atoms with E-state index in [2.05, 4.69) is 12.2 Å². The minimum absolute atomic E-state index is 0.0545. The first-order chi connectivity index (χ1) is 13.0. The summed E-state index contributed by atoms with van der Waals surface area (Å²) in [6.45, 7) is 2.75. The highest BCUT2D eigenvalue weighted by atomic mass is 16.5. The number of carboxylic acids is 1. The Morgan fingerprint density at radius 3 is 2.59 bits per heavy atom. The Kier molecular flexibility index (Phi) is 7.64. The molecule has 1 aliphatic rings. The number of piperidine rings is 1. The maximum absolute atomic E-state index is 12.7. The van der Waals surface area contributed by atoms with Gasteiger partial charge in [-0.15, -0.1) is 0 Å². The SMILES string of the molecule is CCCCN1C(=O)CCC(C(=O)NCCC(=O)O)C1c1ccc(OC)cc1. The number of rotatable bonds is 9. The number of amides is 2. The zero-order valence-corrected chi connectivity index (χ0v) is 15.9. The quantitative estimate of drug-likeness (QED) is 0.690. The average molecular weight is 376 g/mol. The third kappa shape index (κ3) is 5.45. The molecule has 2 atom stereocenters. The normalized spacial score (nSPS) is 19.6. The summed E-state index contributed by atoms with van der Waals surface area (Å²) in [5.74, 6) is -0.791. The molecule has 2 rings (SSSR count). The predicted octanol–water partition coefficient (Wildman–Crippen LogP) is 2.37. The number of hydrogen-bond acceptors (Lipinski definition) is 4. The number of ether oxygens (including phenoxy) is 1. The first-order valence-electron chi connectivity index (χ1n) is 9.40. The molecule has 1 aromatic rings. The molecule has 0 saturated carbocycles. The summed E-state index contributed by atoms with van der Waals surface area (Å²) >= 11 is 0. The number of carboxylic acid groups (broad SMARTS) is 1. The van der Waals surface area contributed by atoms with Crippen LogP contribution in [0, 0.1) is 5.92 Å². The molecule has 0 spiro atoms. The summed E-state index contributed by atoms with van der Waals surface area (Å²) in [5.41, 5.74) is 0.887. The molecule has 0 aromatic heterocycles. The van der Waals surface area contributed by atoms with Gasteiger partial charge in [-0.2, -0.15) is 0 Å². The van der Waals surface area contributed by atoms with Crippen molar-refractivity contribution in [2.75, 3.05) is 20.2 Å². The molecule has 1 aromatic carbocycles. The van der Waals surface area contributed by atoms with Gasteiger partial charge in [-0.3, -0.25) is 14.4 Å². The molecule has 0 bridgehead atoms. The number of benzene rings is 1. The van der Waals surface area contributed by atoms with Crippen LogP contribution in [0.1, 0.15) is 50.6 Å². The van der Waals surface area contributed by atoms with E-state index in [1.54, 1.807) is 12.0 Å². The molecule has 2 N–H and O–H groups in total. The smallest absolute Gasteiger partial charge is 0.305 e. The van der Waals surface area contributed by atoms with Crippen LogP contribution in [0.4, 0.5) is 0 Å². The van der Waals surface area contributed by atoms with Crippen molar-refractivity contribution in [1.29, 1.82) is 0 Å². The zero-order chi connectivity index (χ0) is 19.8. The van der Waals surface area contributed by atoms with E-state index in [1.807, 2.05) is 24.3 Å². The fourth-order valence-corrected chi connectivity index (χ4v) is 3.46. The molecule has 27 heavy (non-hydrogen) atoms. The number of carbonyl (C=O) groups excluding carboxylic acids is 2. The molecule has 2 amide bonds. The number of aliphatic carboxylic acids is 1. The second kappa shape index (κ2) is 9.94. The van der Waals surface area contributed by atoms with Crippen LogP contribution in [0.5, 0.6) is 5.75 Å². The molecular formula is C20H28N2O5. The molecular weight excluding hydrogens is 348 g/mol. The van der Waals surface area contributed by atoms with Crippen molar-refractivity contribution in [2.24, 2.45) is 5.92 Å². The standard InChI is InChI=1S/C20H28N2O5/c1-3-4-13-22-17(23)10-9-16(20(26)21-12-11-18(24)25)19(22)14-5-7-15(27-2)8-6-14/h5-8,16,19H,3-4,9-13H2,1-2H3,(H,21,26)(H,24,25). The number of likely N-dealkylation sites (tertiary alicyclic amines) is 1. The van der Waals surface area contributed by atoms with Gasteiger partial charge >= 0.3 is 5.97 Å². The highest BCUT2D eigenvalue weighted by Gasteiger charge is 2.40. The van der Waals surface area contributed by atoms with E-state index in [9.17, 15) is 14.4 Å². The van der Waals surface area contributed by atoms with Gasteiger partial charge in [0.05, 0.1) is 25.5 Å². The van der Waals surface area contributed by atoms with E-state index in [0.717, 1.165) is 18.4 Å². The van der Waals surface area contributed by atoms with Gasteiger partial charge in [0.1, 0.15) is 5.75 Å². The van der Waals surface area contributed by atoms with Gasteiger partial charge in [0, 0.05) is 19.5 Å². The Labute approximate surface area is 159 Å². The third-order valence-electron chi connectivity index (χ3n) is 4.89. The number of methoxy groups -OCH3 is 1. The number of nitrogens with one attached hydrogen (secondary N) is 1. The fraction of sp³-hybridized carbons (Fsp3) is 0.550. The van der Waals surface area contributed by atoms with Crippen molar-refractivity contribution in [3.05, 3.63) is 29.8 Å². The van der Waals surface area contributed by atoms with Crippen molar-refractivity contribution in [3.63, 3.8) is 0 Å². The van der Waals surface area contributed by atoms with E-state index in [1.165, 1.54) is 0 Å². The van der Waals surface area contributed by atoms with Crippen LogP contribution >= 0.6 is 0 Å². The van der Waals surface area contributed by atoms with Crippen LogP contribution in [0.3, 0.4) is 0 Å². The van der Waals surface area contributed by atoms with E-state index < -0.39 is 11.9 Å². The Balaban J connectivity index is 2.26. The van der Waals surface area contributed by atoms with Crippen LogP contribution < -0.4 is 10.1 Å². The van der Waals surface area contributed by atoms with Crippen molar-refractivity contribution >= 4 is 17.8 Å². The van der Waals surface area contributed by atoms with Gasteiger partial charge in [0.25, 0.3) is 0 Å². The van der Waals surface area contributed by atoms with Gasteiger partial charge in [0.15, 0.2) is 0 Å². The Bertz CT molecular complexity index is 659. The minimum Gasteiger partial charge on any atom is -0.497 e. The molecule has 7 heteroatoms. The number of nitrogens with zero attached hydrogens (tertiary/aromatic N) is 1. The molecule has 1 aliphatic heterocycles. The van der Waals surface area contributed by atoms with Crippen molar-refractivity contribution in [3.8, 4) is 5.75 Å². The molecule has 7 nitrogen and oxygen atoms in total. The Hall–Kier alpha value is -2.57. The number of unbranched alkanes of at least 4 members (excludes halogenated alkanes) is 1. The lowest BCUT2D eigenvalue weighted by Gasteiger charge is -2.41. The predicted molar refractivity (Wildman–Crippen MR) is 100 cm³/mol. The minimum atomic E-state index is -0.953. The third-order valence-corrected chi connectivity index (χ3v) is 4.89. The first-order valence-corrected chi connectivity index (χ1v) is 9.40. The second-order valence-electron chi connectivity index (χ2n) is 6.74. The van der Waals surface area contributed by atoms with Crippen LogP contribution in [0.15, 0.2) is 24.3 Å². The maximum Gasteiger partial charge on any atom is 0.305 e. The van der Waals surface area contributed by atoms with Crippen LogP contribution in [0.2, 0.25) is 0 Å². The summed E-state index contributed by atoms with van der Waals surface area (Å²) in [5, 5.41) is 11.5. The molecule has 2 unspecified atom stereocenters. The number of carbonyl (C=O) groups is 3. The van der Waals surface area contributed by atoms with Crippen LogP contribution in [-0.2, 0) is 14.4 Å². The molecule has 1 fully saturated rings. The highest BCUT2D eigenvalue weighted by molar-refractivity contribution is 5.85. The summed E-state index contributed by atoms with van der Waals surface area (Å²) < 4.78 is 5.20. The summed E-state index contributed by atoms with van der Waals surface area (Å²) in [4.78, 5) is 37.8. The Morgan fingerprint density at radius 1 is 1.30 bits per heavy atom. The van der Waals surface area contributed by atoms with Crippen LogP contribution in [0.25, 0.3) is 0 Å².